The molecule has 1 aliphatic heterocycles. The van der Waals surface area contributed by atoms with Gasteiger partial charge in [-0.1, -0.05) is 0 Å². The monoisotopic (exact) mass is 392 g/mol. The Morgan fingerprint density at radius 1 is 0.500 bits per heavy atom. The van der Waals surface area contributed by atoms with Crippen LogP contribution in [-0.2, 0) is 18.9 Å². The summed E-state index contributed by atoms with van der Waals surface area (Å²) in [6.45, 7) is 3.74. The molecule has 0 bridgehead atoms. The molecule has 0 aromatic rings. The fraction of sp³-hybridized carbons (Fsp3) is 1.00. The Morgan fingerprint density at radius 2 is 0.727 bits per heavy atom. The molecular formula is C14H20Cl4O4. The molecule has 3 aliphatic rings. The number of hydrogen-bond acceptors (Lipinski definition) is 4. The summed E-state index contributed by atoms with van der Waals surface area (Å²) in [4.78, 5) is 0. The van der Waals surface area contributed by atoms with Gasteiger partial charge in [-0.15, -0.1) is 46.4 Å². The van der Waals surface area contributed by atoms with Crippen LogP contribution >= 0.6 is 46.4 Å². The van der Waals surface area contributed by atoms with Gasteiger partial charge in [0, 0.05) is 0 Å². The van der Waals surface area contributed by atoms with Crippen molar-refractivity contribution in [3.8, 4) is 0 Å². The Bertz CT molecular complexity index is 362. The van der Waals surface area contributed by atoms with Crippen LogP contribution in [0.15, 0.2) is 0 Å². The van der Waals surface area contributed by atoms with E-state index in [9.17, 15) is 0 Å². The highest BCUT2D eigenvalue weighted by Crippen LogP contribution is 2.65. The first kappa shape index (κ1) is 17.8. The standard InChI is InChI=1S/C14H20Cl4O4/c15-13(16)5-11(13)7-19-1-2-20-8-12(6-14(12,17)18)10-22-4-3-21-9-11/h1-10H2. The molecule has 3 rings (SSSR count). The van der Waals surface area contributed by atoms with Crippen LogP contribution in [0.25, 0.3) is 0 Å². The van der Waals surface area contributed by atoms with Gasteiger partial charge in [-0.05, 0) is 12.8 Å². The molecule has 8 heteroatoms. The topological polar surface area (TPSA) is 36.9 Å². The second kappa shape index (κ2) is 6.38. The summed E-state index contributed by atoms with van der Waals surface area (Å²) < 4.78 is 21.1. The van der Waals surface area contributed by atoms with E-state index < -0.39 is 8.67 Å². The van der Waals surface area contributed by atoms with Gasteiger partial charge in [0.2, 0.25) is 0 Å². The molecule has 0 N–H and O–H groups in total. The van der Waals surface area contributed by atoms with Gasteiger partial charge in [0.1, 0.15) is 8.67 Å². The van der Waals surface area contributed by atoms with Crippen LogP contribution in [0.1, 0.15) is 12.8 Å². The molecule has 1 heterocycles. The summed E-state index contributed by atoms with van der Waals surface area (Å²) in [6.07, 6.45) is 1.35. The zero-order chi connectivity index (χ0) is 15.9. The minimum atomic E-state index is -0.763. The number of hydrogen-bond donors (Lipinski definition) is 0. The molecule has 0 radical (unpaired) electrons. The van der Waals surface area contributed by atoms with Crippen molar-refractivity contribution in [2.75, 3.05) is 52.9 Å². The van der Waals surface area contributed by atoms with Crippen molar-refractivity contribution in [3.05, 3.63) is 0 Å². The molecule has 0 aromatic heterocycles. The maximum absolute atomic E-state index is 6.22. The van der Waals surface area contributed by atoms with E-state index in [2.05, 4.69) is 0 Å². The highest BCUT2D eigenvalue weighted by molar-refractivity contribution is 6.52. The molecule has 128 valence electrons. The predicted molar refractivity (Wildman–Crippen MR) is 86.3 cm³/mol. The lowest BCUT2D eigenvalue weighted by Gasteiger charge is -2.22. The molecule has 4 nitrogen and oxygen atoms in total. The average molecular weight is 394 g/mol. The first-order valence-electron chi connectivity index (χ1n) is 7.39. The molecule has 1 saturated heterocycles. The molecule has 3 fully saturated rings. The number of alkyl halides is 4. The average Bonchev–Trinajstić information content (AvgIpc) is 3.18. The molecule has 22 heavy (non-hydrogen) atoms. The summed E-state index contributed by atoms with van der Waals surface area (Å²) in [6, 6.07) is 0. The number of ether oxygens (including phenoxy) is 4. The summed E-state index contributed by atoms with van der Waals surface area (Å²) in [5, 5.41) is 0. The normalized spacial score (nSPS) is 42.0. The Kier molecular flexibility index (Phi) is 5.16. The zero-order valence-electron chi connectivity index (χ0n) is 12.2. The molecule has 2 aliphatic carbocycles. The molecule has 0 atom stereocenters. The summed E-state index contributed by atoms with van der Waals surface area (Å²) in [7, 11) is 0. The van der Waals surface area contributed by atoms with E-state index in [1.807, 2.05) is 0 Å². The van der Waals surface area contributed by atoms with Crippen LogP contribution in [0.2, 0.25) is 0 Å². The van der Waals surface area contributed by atoms with E-state index in [-0.39, 0.29) is 10.8 Å². The van der Waals surface area contributed by atoms with Gasteiger partial charge in [0.05, 0.1) is 63.7 Å². The van der Waals surface area contributed by atoms with Gasteiger partial charge in [0.25, 0.3) is 0 Å². The summed E-state index contributed by atoms with van der Waals surface area (Å²) in [5.74, 6) is 0. The third-order valence-corrected chi connectivity index (χ3v) is 6.82. The molecule has 0 amide bonds. The van der Waals surface area contributed by atoms with Crippen LogP contribution in [0.3, 0.4) is 0 Å². The Morgan fingerprint density at radius 3 is 0.909 bits per heavy atom. The van der Waals surface area contributed by atoms with Gasteiger partial charge in [-0.2, -0.15) is 0 Å². The summed E-state index contributed by atoms with van der Waals surface area (Å²) in [5.41, 5.74) is -0.640. The van der Waals surface area contributed by atoms with Crippen molar-refractivity contribution in [1.82, 2.24) is 0 Å². The molecule has 0 aromatic carbocycles. The Labute approximate surface area is 150 Å². The highest BCUT2D eigenvalue weighted by Gasteiger charge is 2.67. The second-order valence-corrected chi connectivity index (χ2v) is 9.50. The zero-order valence-corrected chi connectivity index (χ0v) is 15.2. The highest BCUT2D eigenvalue weighted by atomic mass is 35.5. The molecular weight excluding hydrogens is 374 g/mol. The van der Waals surface area contributed by atoms with Crippen LogP contribution in [0.4, 0.5) is 0 Å². The van der Waals surface area contributed by atoms with Crippen LogP contribution < -0.4 is 0 Å². The Hall–Kier alpha value is 1.00. The van der Waals surface area contributed by atoms with Crippen molar-refractivity contribution in [3.63, 3.8) is 0 Å². The smallest absolute Gasteiger partial charge is 0.129 e. The SMILES string of the molecule is ClC1(Cl)CC12COCCOCC1(COCCOC2)CC1(Cl)Cl. The molecule has 0 unspecified atom stereocenters. The van der Waals surface area contributed by atoms with E-state index in [0.29, 0.717) is 65.7 Å². The molecule has 2 spiro atoms. The quantitative estimate of drug-likeness (QED) is 0.592. The van der Waals surface area contributed by atoms with Crippen molar-refractivity contribution >= 4 is 46.4 Å². The van der Waals surface area contributed by atoms with Crippen molar-refractivity contribution in [1.29, 1.82) is 0 Å². The first-order valence-corrected chi connectivity index (χ1v) is 8.91. The minimum absolute atomic E-state index is 0.320. The molecule has 2 saturated carbocycles. The van der Waals surface area contributed by atoms with Crippen LogP contribution in [0, 0.1) is 10.8 Å². The fourth-order valence-corrected chi connectivity index (χ4v) is 4.24. The van der Waals surface area contributed by atoms with Gasteiger partial charge in [-0.3, -0.25) is 0 Å². The van der Waals surface area contributed by atoms with Crippen molar-refractivity contribution < 1.29 is 18.9 Å². The predicted octanol–water partition coefficient (Wildman–Crippen LogP) is 3.19. The van der Waals surface area contributed by atoms with Gasteiger partial charge < -0.3 is 18.9 Å². The van der Waals surface area contributed by atoms with Gasteiger partial charge in [0.15, 0.2) is 0 Å². The van der Waals surface area contributed by atoms with Crippen molar-refractivity contribution in [2.45, 2.75) is 21.5 Å². The second-order valence-electron chi connectivity index (χ2n) is 6.53. The maximum Gasteiger partial charge on any atom is 0.129 e. The van der Waals surface area contributed by atoms with E-state index in [1.54, 1.807) is 0 Å². The summed E-state index contributed by atoms with van der Waals surface area (Å²) >= 11 is 24.9. The van der Waals surface area contributed by atoms with Crippen LogP contribution in [-0.4, -0.2) is 61.5 Å². The lowest BCUT2D eigenvalue weighted by Crippen LogP contribution is -2.28. The van der Waals surface area contributed by atoms with E-state index in [0.717, 1.165) is 0 Å². The van der Waals surface area contributed by atoms with Crippen molar-refractivity contribution in [2.24, 2.45) is 10.8 Å². The largest absolute Gasteiger partial charge is 0.378 e. The van der Waals surface area contributed by atoms with Gasteiger partial charge >= 0.3 is 0 Å². The number of rotatable bonds is 0. The van der Waals surface area contributed by atoms with Gasteiger partial charge in [-0.25, -0.2) is 0 Å². The first-order chi connectivity index (χ1) is 10.3. The minimum Gasteiger partial charge on any atom is -0.378 e. The number of halogens is 4. The lowest BCUT2D eigenvalue weighted by molar-refractivity contribution is -0.0432. The fourth-order valence-electron chi connectivity index (χ4n) is 2.78. The third-order valence-electron chi connectivity index (χ3n) is 4.68. The van der Waals surface area contributed by atoms with E-state index in [1.165, 1.54) is 0 Å². The van der Waals surface area contributed by atoms with E-state index >= 15 is 0 Å². The third kappa shape index (κ3) is 3.50. The maximum atomic E-state index is 6.22. The van der Waals surface area contributed by atoms with E-state index in [4.69, 9.17) is 65.4 Å². The van der Waals surface area contributed by atoms with Crippen LogP contribution in [0.5, 0.6) is 0 Å². The lowest BCUT2D eigenvalue weighted by atomic mass is 10.1. The Balaban J connectivity index is 1.52.